The van der Waals surface area contributed by atoms with Crippen molar-refractivity contribution in [3.8, 4) is 17.2 Å². The average molecular weight is 405 g/mol. The number of hydrogen-bond donors (Lipinski definition) is 0. The van der Waals surface area contributed by atoms with Crippen LogP contribution in [-0.2, 0) is 6.42 Å². The maximum Gasteiger partial charge on any atom is 0.231 e. The Balaban J connectivity index is 1.95. The Kier molecular flexibility index (Phi) is 4.29. The van der Waals surface area contributed by atoms with Crippen LogP contribution in [0.15, 0.2) is 35.4 Å². The molecular formula is C23H23N3O4. The van der Waals surface area contributed by atoms with E-state index in [2.05, 4.69) is 9.88 Å². The van der Waals surface area contributed by atoms with Gasteiger partial charge >= 0.3 is 0 Å². The monoisotopic (exact) mass is 405 g/mol. The molecule has 0 N–H and O–H groups in total. The van der Waals surface area contributed by atoms with E-state index < -0.39 is 0 Å². The molecule has 7 nitrogen and oxygen atoms in total. The first-order valence-electron chi connectivity index (χ1n) is 9.86. The Morgan fingerprint density at radius 2 is 1.90 bits per heavy atom. The van der Waals surface area contributed by atoms with Crippen LogP contribution in [-0.4, -0.2) is 48.8 Å². The van der Waals surface area contributed by atoms with Crippen LogP contribution in [0, 0.1) is 6.92 Å². The number of ether oxygens (including phenoxy) is 3. The summed E-state index contributed by atoms with van der Waals surface area (Å²) in [4.78, 5) is 20.4. The summed E-state index contributed by atoms with van der Waals surface area (Å²) in [6.45, 7) is 2.92. The van der Waals surface area contributed by atoms with Crippen LogP contribution in [0.3, 0.4) is 0 Å². The Morgan fingerprint density at radius 1 is 1.13 bits per heavy atom. The molecule has 1 aliphatic heterocycles. The van der Waals surface area contributed by atoms with Crippen LogP contribution < -0.4 is 19.6 Å². The van der Waals surface area contributed by atoms with Crippen LogP contribution in [0.2, 0.25) is 0 Å². The first kappa shape index (κ1) is 18.7. The Labute approximate surface area is 173 Å². The van der Waals surface area contributed by atoms with Gasteiger partial charge in [-0.05, 0) is 51.2 Å². The molecule has 2 aromatic heterocycles. The van der Waals surface area contributed by atoms with E-state index in [9.17, 15) is 4.79 Å². The van der Waals surface area contributed by atoms with Crippen molar-refractivity contribution in [3.63, 3.8) is 0 Å². The number of nitrogens with zero attached hydrogens (tertiary/aromatic N) is 3. The highest BCUT2D eigenvalue weighted by Gasteiger charge is 2.20. The molecule has 2 aromatic carbocycles. The molecule has 0 bridgehead atoms. The summed E-state index contributed by atoms with van der Waals surface area (Å²) in [5.41, 5.74) is 4.19. The number of fused-ring (bicyclic) bond motifs is 6. The smallest absolute Gasteiger partial charge is 0.231 e. The summed E-state index contributed by atoms with van der Waals surface area (Å²) >= 11 is 0. The van der Waals surface area contributed by atoms with Gasteiger partial charge in [-0.15, -0.1) is 0 Å². The molecule has 5 rings (SSSR count). The second-order valence-electron chi connectivity index (χ2n) is 7.89. The number of aromatic nitrogens is 2. The summed E-state index contributed by atoms with van der Waals surface area (Å²) in [5, 5.41) is 1.51. The minimum atomic E-state index is 0.0234. The molecule has 0 fully saturated rings. The molecule has 154 valence electrons. The number of benzene rings is 2. The highest BCUT2D eigenvalue weighted by Crippen LogP contribution is 2.38. The molecule has 3 heterocycles. The van der Waals surface area contributed by atoms with Crippen molar-refractivity contribution in [2.45, 2.75) is 13.3 Å². The molecule has 30 heavy (non-hydrogen) atoms. The molecule has 0 radical (unpaired) electrons. The van der Waals surface area contributed by atoms with E-state index in [1.807, 2.05) is 49.7 Å². The minimum absolute atomic E-state index is 0.0234. The summed E-state index contributed by atoms with van der Waals surface area (Å²) in [7, 11) is 5.63. The van der Waals surface area contributed by atoms with Gasteiger partial charge in [-0.3, -0.25) is 9.20 Å². The fourth-order valence-corrected chi connectivity index (χ4v) is 4.14. The highest BCUT2D eigenvalue weighted by molar-refractivity contribution is 6.00. The number of rotatable bonds is 4. The van der Waals surface area contributed by atoms with Crippen molar-refractivity contribution >= 4 is 27.3 Å². The second-order valence-corrected chi connectivity index (χ2v) is 7.89. The third kappa shape index (κ3) is 2.77. The molecule has 1 aliphatic rings. The summed E-state index contributed by atoms with van der Waals surface area (Å²) < 4.78 is 18.6. The largest absolute Gasteiger partial charge is 0.496 e. The van der Waals surface area contributed by atoms with Gasteiger partial charge in [0.2, 0.25) is 6.79 Å². The first-order chi connectivity index (χ1) is 14.5. The van der Waals surface area contributed by atoms with E-state index in [1.165, 1.54) is 0 Å². The molecule has 0 atom stereocenters. The topological polar surface area (TPSA) is 65.3 Å². The fourth-order valence-electron chi connectivity index (χ4n) is 4.14. The number of pyridine rings is 1. The molecule has 7 heteroatoms. The molecule has 0 amide bonds. The first-order valence-corrected chi connectivity index (χ1v) is 9.86. The van der Waals surface area contributed by atoms with Gasteiger partial charge in [-0.25, -0.2) is 4.98 Å². The van der Waals surface area contributed by atoms with Crippen molar-refractivity contribution < 1.29 is 14.2 Å². The molecule has 0 spiro atoms. The van der Waals surface area contributed by atoms with Crippen molar-refractivity contribution in [2.75, 3.05) is 34.5 Å². The molecule has 0 saturated heterocycles. The molecular weight excluding hydrogens is 382 g/mol. The van der Waals surface area contributed by atoms with Crippen LogP contribution in [0.5, 0.6) is 17.2 Å². The quantitative estimate of drug-likeness (QED) is 0.486. The average Bonchev–Trinajstić information content (AvgIpc) is 3.18. The Morgan fingerprint density at radius 3 is 2.63 bits per heavy atom. The van der Waals surface area contributed by atoms with Gasteiger partial charge in [0.15, 0.2) is 16.9 Å². The van der Waals surface area contributed by atoms with Crippen molar-refractivity contribution in [1.82, 2.24) is 14.3 Å². The van der Waals surface area contributed by atoms with Gasteiger partial charge in [0, 0.05) is 23.6 Å². The van der Waals surface area contributed by atoms with E-state index >= 15 is 0 Å². The fraction of sp³-hybridized carbons (Fsp3) is 0.304. The standard InChI is InChI=1S/C23H23N3O4/c1-13-7-18-16(9-19(13)28-4)23(27)14(5-6-25(2)3)22-15-8-20-21(30-12-29-20)10-17(15)24-11-26(18)22/h7-11H,5-6,12H2,1-4H3. The van der Waals surface area contributed by atoms with E-state index in [1.54, 1.807) is 13.4 Å². The predicted molar refractivity (Wildman–Crippen MR) is 116 cm³/mol. The van der Waals surface area contributed by atoms with Crippen molar-refractivity contribution in [1.29, 1.82) is 0 Å². The van der Waals surface area contributed by atoms with Crippen LogP contribution in [0.4, 0.5) is 0 Å². The summed E-state index contributed by atoms with van der Waals surface area (Å²) in [6.07, 6.45) is 2.40. The van der Waals surface area contributed by atoms with E-state index in [4.69, 9.17) is 14.2 Å². The molecule has 0 aliphatic carbocycles. The van der Waals surface area contributed by atoms with Gasteiger partial charge in [-0.1, -0.05) is 0 Å². The second kappa shape index (κ2) is 6.88. The number of hydrogen-bond acceptors (Lipinski definition) is 6. The normalized spacial score (nSPS) is 13.1. The zero-order valence-electron chi connectivity index (χ0n) is 17.5. The number of methoxy groups -OCH3 is 1. The lowest BCUT2D eigenvalue weighted by Crippen LogP contribution is -2.21. The predicted octanol–water partition coefficient (Wildman–Crippen LogP) is 3.15. The third-order valence-electron chi connectivity index (χ3n) is 5.69. The van der Waals surface area contributed by atoms with Gasteiger partial charge in [-0.2, -0.15) is 0 Å². The van der Waals surface area contributed by atoms with E-state index in [0.29, 0.717) is 29.1 Å². The Hall–Kier alpha value is -3.32. The van der Waals surface area contributed by atoms with Crippen LogP contribution >= 0.6 is 0 Å². The summed E-state index contributed by atoms with van der Waals surface area (Å²) in [6, 6.07) is 7.63. The van der Waals surface area contributed by atoms with E-state index in [-0.39, 0.29) is 12.2 Å². The third-order valence-corrected chi connectivity index (χ3v) is 5.69. The zero-order chi connectivity index (χ0) is 21.0. The SMILES string of the molecule is COc1cc2c(=O)c(CCN(C)C)c3c4cc5c(cc4ncn3c2cc1C)OCO5. The molecule has 4 aromatic rings. The van der Waals surface area contributed by atoms with Gasteiger partial charge in [0.1, 0.15) is 12.1 Å². The minimum Gasteiger partial charge on any atom is -0.496 e. The van der Waals surface area contributed by atoms with E-state index in [0.717, 1.165) is 39.6 Å². The van der Waals surface area contributed by atoms with Gasteiger partial charge in [0.25, 0.3) is 0 Å². The maximum absolute atomic E-state index is 13.6. The number of likely N-dealkylation sites (N-methyl/N-ethyl adjacent to an activating group) is 1. The zero-order valence-corrected chi connectivity index (χ0v) is 17.5. The van der Waals surface area contributed by atoms with Crippen molar-refractivity contribution in [2.24, 2.45) is 0 Å². The Bertz CT molecular complexity index is 1370. The molecule has 0 unspecified atom stereocenters. The van der Waals surface area contributed by atoms with Gasteiger partial charge < -0.3 is 19.1 Å². The maximum atomic E-state index is 13.6. The highest BCUT2D eigenvalue weighted by atomic mass is 16.7. The lowest BCUT2D eigenvalue weighted by molar-refractivity contribution is 0.174. The van der Waals surface area contributed by atoms with Crippen LogP contribution in [0.25, 0.3) is 27.3 Å². The molecule has 0 saturated carbocycles. The van der Waals surface area contributed by atoms with Crippen LogP contribution in [0.1, 0.15) is 11.1 Å². The summed E-state index contributed by atoms with van der Waals surface area (Å²) in [5.74, 6) is 2.06. The number of aryl methyl sites for hydroxylation is 1. The van der Waals surface area contributed by atoms with Gasteiger partial charge in [0.05, 0.1) is 29.0 Å². The lowest BCUT2D eigenvalue weighted by Gasteiger charge is -2.17. The van der Waals surface area contributed by atoms with Crippen molar-refractivity contribution in [3.05, 3.63) is 51.9 Å². The lowest BCUT2D eigenvalue weighted by atomic mass is 10.0.